The van der Waals surface area contributed by atoms with E-state index >= 15 is 0 Å². The van der Waals surface area contributed by atoms with Crippen molar-refractivity contribution < 1.29 is 23.7 Å². The Hall–Kier alpha value is -3.26. The number of nitrogens with zero attached hydrogens (tertiary/aromatic N) is 6. The number of nitrogen functional groups attached to an aromatic ring is 1. The SMILES string of the molecule is CC(C)N(CCCCc1nc2c(F)cc(F)cc2[nH]1)CC1OCC(O)(n2cnc3c(N)ncnc32)C1O. The third-order valence-electron chi connectivity index (χ3n) is 6.92. The summed E-state index contributed by atoms with van der Waals surface area (Å²) in [6.45, 7) is 5.08. The summed E-state index contributed by atoms with van der Waals surface area (Å²) in [6, 6.07) is 2.22. The molecule has 5 rings (SSSR count). The van der Waals surface area contributed by atoms with E-state index in [1.54, 1.807) is 0 Å². The average molecular weight is 517 g/mol. The predicted octanol–water partition coefficient (Wildman–Crippen LogP) is 1.70. The van der Waals surface area contributed by atoms with E-state index in [4.69, 9.17) is 10.5 Å². The second-order valence-corrected chi connectivity index (χ2v) is 9.73. The van der Waals surface area contributed by atoms with Gasteiger partial charge in [0, 0.05) is 25.1 Å². The van der Waals surface area contributed by atoms with Crippen molar-refractivity contribution in [3.8, 4) is 0 Å². The molecule has 3 atom stereocenters. The monoisotopic (exact) mass is 516 g/mol. The second kappa shape index (κ2) is 9.89. The minimum Gasteiger partial charge on any atom is -0.385 e. The normalized spacial score (nSPS) is 22.3. The van der Waals surface area contributed by atoms with Gasteiger partial charge in [0.2, 0.25) is 0 Å². The van der Waals surface area contributed by atoms with E-state index in [-0.39, 0.29) is 24.0 Å². The molecule has 1 aliphatic heterocycles. The number of aromatic amines is 1. The van der Waals surface area contributed by atoms with Crippen LogP contribution in [0.15, 0.2) is 24.8 Å². The highest BCUT2D eigenvalue weighted by molar-refractivity contribution is 5.81. The fourth-order valence-corrected chi connectivity index (χ4v) is 4.82. The molecule has 4 heterocycles. The van der Waals surface area contributed by atoms with Gasteiger partial charge in [-0.25, -0.2) is 28.7 Å². The first kappa shape index (κ1) is 25.4. The molecular formula is C24H30F2N8O3. The number of unbranched alkanes of at least 4 members (excludes halogenated alkanes) is 1. The molecule has 4 aromatic rings. The molecule has 1 aromatic carbocycles. The Labute approximate surface area is 211 Å². The number of anilines is 1. The molecule has 37 heavy (non-hydrogen) atoms. The zero-order valence-electron chi connectivity index (χ0n) is 20.6. The van der Waals surface area contributed by atoms with Gasteiger partial charge in [-0.2, -0.15) is 0 Å². The summed E-state index contributed by atoms with van der Waals surface area (Å²) in [5.74, 6) is -0.539. The topological polar surface area (TPSA) is 151 Å². The predicted molar refractivity (Wildman–Crippen MR) is 131 cm³/mol. The van der Waals surface area contributed by atoms with E-state index in [2.05, 4.69) is 29.8 Å². The van der Waals surface area contributed by atoms with Crippen LogP contribution in [0.5, 0.6) is 0 Å². The maximum absolute atomic E-state index is 13.9. The van der Waals surface area contributed by atoms with E-state index in [1.807, 2.05) is 13.8 Å². The quantitative estimate of drug-likeness (QED) is 0.244. The molecule has 0 aliphatic carbocycles. The van der Waals surface area contributed by atoms with Crippen LogP contribution in [0, 0.1) is 11.6 Å². The number of aryl methyl sites for hydroxylation is 1. The van der Waals surface area contributed by atoms with Gasteiger partial charge in [-0.15, -0.1) is 0 Å². The van der Waals surface area contributed by atoms with Gasteiger partial charge in [0.05, 0.1) is 18.5 Å². The molecule has 0 saturated carbocycles. The van der Waals surface area contributed by atoms with Gasteiger partial charge < -0.3 is 25.7 Å². The zero-order valence-corrected chi connectivity index (χ0v) is 20.6. The number of benzene rings is 1. The lowest BCUT2D eigenvalue weighted by Crippen LogP contribution is -2.49. The lowest BCUT2D eigenvalue weighted by atomic mass is 10.0. The summed E-state index contributed by atoms with van der Waals surface area (Å²) in [5, 5.41) is 22.4. The number of hydrogen-bond acceptors (Lipinski definition) is 9. The lowest BCUT2D eigenvalue weighted by Gasteiger charge is -2.32. The van der Waals surface area contributed by atoms with E-state index in [1.165, 1.54) is 23.3 Å². The van der Waals surface area contributed by atoms with Crippen LogP contribution < -0.4 is 5.73 Å². The number of nitrogens with one attached hydrogen (secondary N) is 1. The molecule has 3 unspecified atom stereocenters. The highest BCUT2D eigenvalue weighted by atomic mass is 19.1. The number of halogens is 2. The molecule has 13 heteroatoms. The number of fused-ring (bicyclic) bond motifs is 2. The molecular weight excluding hydrogens is 486 g/mol. The van der Waals surface area contributed by atoms with Crippen LogP contribution >= 0.6 is 0 Å². The smallest absolute Gasteiger partial charge is 0.197 e. The number of hydrogen-bond donors (Lipinski definition) is 4. The van der Waals surface area contributed by atoms with Crippen LogP contribution in [-0.4, -0.2) is 82.5 Å². The highest BCUT2D eigenvalue weighted by Crippen LogP contribution is 2.33. The lowest BCUT2D eigenvalue weighted by molar-refractivity contribution is -0.109. The molecule has 1 saturated heterocycles. The Bertz CT molecular complexity index is 1410. The molecule has 0 radical (unpaired) electrons. The minimum absolute atomic E-state index is 0.136. The molecule has 0 bridgehead atoms. The van der Waals surface area contributed by atoms with E-state index in [9.17, 15) is 19.0 Å². The van der Waals surface area contributed by atoms with Crippen molar-refractivity contribution in [2.45, 2.75) is 57.1 Å². The Balaban J connectivity index is 1.20. The van der Waals surface area contributed by atoms with E-state index in [0.717, 1.165) is 18.9 Å². The van der Waals surface area contributed by atoms with E-state index in [0.29, 0.717) is 42.0 Å². The molecule has 1 fully saturated rings. The van der Waals surface area contributed by atoms with Gasteiger partial charge in [-0.3, -0.25) is 9.47 Å². The summed E-state index contributed by atoms with van der Waals surface area (Å²) in [7, 11) is 0. The number of rotatable bonds is 9. The van der Waals surface area contributed by atoms with Crippen LogP contribution in [-0.2, 0) is 16.9 Å². The second-order valence-electron chi connectivity index (χ2n) is 9.73. The third kappa shape index (κ3) is 4.75. The average Bonchev–Trinajstić information content (AvgIpc) is 3.54. The molecule has 198 valence electrons. The van der Waals surface area contributed by atoms with Crippen molar-refractivity contribution in [1.82, 2.24) is 34.4 Å². The summed E-state index contributed by atoms with van der Waals surface area (Å²) < 4.78 is 34.6. The highest BCUT2D eigenvalue weighted by Gasteiger charge is 2.50. The first-order valence-electron chi connectivity index (χ1n) is 12.2. The number of aliphatic hydroxyl groups is 2. The first-order chi connectivity index (χ1) is 17.7. The summed E-state index contributed by atoms with van der Waals surface area (Å²) in [6.07, 6.45) is 2.95. The number of aliphatic hydroxyl groups excluding tert-OH is 1. The molecule has 0 spiro atoms. The van der Waals surface area contributed by atoms with Crippen molar-refractivity contribution in [2.24, 2.45) is 0 Å². The van der Waals surface area contributed by atoms with E-state index < -0.39 is 29.6 Å². The van der Waals surface area contributed by atoms with Gasteiger partial charge >= 0.3 is 0 Å². The van der Waals surface area contributed by atoms with Crippen molar-refractivity contribution in [2.75, 3.05) is 25.4 Å². The van der Waals surface area contributed by atoms with Gasteiger partial charge in [0.1, 0.15) is 41.2 Å². The molecule has 11 nitrogen and oxygen atoms in total. The van der Waals surface area contributed by atoms with Gasteiger partial charge in [0.15, 0.2) is 23.0 Å². The van der Waals surface area contributed by atoms with Crippen molar-refractivity contribution in [3.63, 3.8) is 0 Å². The maximum atomic E-state index is 13.9. The number of H-pyrrole nitrogens is 1. The molecule has 1 aliphatic rings. The largest absolute Gasteiger partial charge is 0.385 e. The van der Waals surface area contributed by atoms with Crippen LogP contribution in [0.2, 0.25) is 0 Å². The maximum Gasteiger partial charge on any atom is 0.197 e. The minimum atomic E-state index is -1.75. The number of aromatic nitrogens is 6. The molecule has 0 amide bonds. The zero-order chi connectivity index (χ0) is 26.3. The summed E-state index contributed by atoms with van der Waals surface area (Å²) in [5.41, 5.74) is 5.24. The van der Waals surface area contributed by atoms with Crippen LogP contribution in [0.4, 0.5) is 14.6 Å². The van der Waals surface area contributed by atoms with Crippen LogP contribution in [0.1, 0.15) is 32.5 Å². The van der Waals surface area contributed by atoms with Gasteiger partial charge in [-0.1, -0.05) is 0 Å². The number of imidazole rings is 2. The summed E-state index contributed by atoms with van der Waals surface area (Å²) >= 11 is 0. The van der Waals surface area contributed by atoms with Crippen molar-refractivity contribution in [3.05, 3.63) is 42.2 Å². The first-order valence-corrected chi connectivity index (χ1v) is 12.2. The van der Waals surface area contributed by atoms with Gasteiger partial charge in [0.25, 0.3) is 0 Å². The Morgan fingerprint density at radius 3 is 2.84 bits per heavy atom. The molecule has 3 aromatic heterocycles. The Morgan fingerprint density at radius 1 is 1.24 bits per heavy atom. The number of nitrogens with two attached hydrogens (primary N) is 1. The number of ether oxygens (including phenoxy) is 1. The third-order valence-corrected chi connectivity index (χ3v) is 6.92. The molecule has 5 N–H and O–H groups in total. The Kier molecular flexibility index (Phi) is 6.79. The van der Waals surface area contributed by atoms with Crippen LogP contribution in [0.25, 0.3) is 22.2 Å². The fourth-order valence-electron chi connectivity index (χ4n) is 4.82. The van der Waals surface area contributed by atoms with Crippen LogP contribution in [0.3, 0.4) is 0 Å². The Morgan fingerprint density at radius 2 is 2.05 bits per heavy atom. The van der Waals surface area contributed by atoms with Crippen molar-refractivity contribution in [1.29, 1.82) is 0 Å². The standard InChI is InChI=1S/C24H30F2N8O3/c1-13(2)33(6-4-3-5-18-31-16-8-14(25)7-15(26)19(16)32-18)9-17-21(35)24(36,10-37-17)34-12-30-20-22(27)28-11-29-23(20)34/h7-8,11-13,17,21,35-36H,3-6,9-10H2,1-2H3,(H,31,32)(H2,27,28,29). The summed E-state index contributed by atoms with van der Waals surface area (Å²) in [4.78, 5) is 21.7. The fraction of sp³-hybridized carbons (Fsp3) is 0.500. The van der Waals surface area contributed by atoms with Gasteiger partial charge in [-0.05, 0) is 39.3 Å². The van der Waals surface area contributed by atoms with Crippen molar-refractivity contribution >= 4 is 28.0 Å².